The molecule has 0 aliphatic rings. The summed E-state index contributed by atoms with van der Waals surface area (Å²) in [7, 11) is 0. The number of aryl methyl sites for hydroxylation is 1. The quantitative estimate of drug-likeness (QED) is 0.522. The highest BCUT2D eigenvalue weighted by molar-refractivity contribution is 5.97. The van der Waals surface area contributed by atoms with Gasteiger partial charge in [-0.1, -0.05) is 33.8 Å². The molecule has 0 radical (unpaired) electrons. The number of nitrogens with zero attached hydrogens (tertiary/aromatic N) is 3. The standard InChI is InChI=1S/C20H31N7O/c1-11(2)8-14(10-21)23-17-9-15(19(20(22)28)27-26-17)24-16-7-6-13(5)18(25-16)12(3)4/h6-7,9,11-12,14H,8,10,21H2,1-5H3,(H2,22,28)(H2,23,24,25,26). The predicted molar refractivity (Wildman–Crippen MR) is 113 cm³/mol. The number of aromatic nitrogens is 3. The van der Waals surface area contributed by atoms with Crippen molar-refractivity contribution in [3.05, 3.63) is 35.2 Å². The van der Waals surface area contributed by atoms with Crippen LogP contribution in [0.1, 0.15) is 61.8 Å². The van der Waals surface area contributed by atoms with Crippen molar-refractivity contribution in [2.75, 3.05) is 17.2 Å². The molecule has 0 saturated heterocycles. The fourth-order valence-corrected chi connectivity index (χ4v) is 3.07. The number of nitrogens with one attached hydrogen (secondary N) is 2. The van der Waals surface area contributed by atoms with Crippen molar-refractivity contribution in [2.24, 2.45) is 17.4 Å². The van der Waals surface area contributed by atoms with E-state index in [1.165, 1.54) is 0 Å². The van der Waals surface area contributed by atoms with Crippen molar-refractivity contribution in [1.29, 1.82) is 0 Å². The molecule has 0 spiro atoms. The van der Waals surface area contributed by atoms with E-state index < -0.39 is 5.91 Å². The van der Waals surface area contributed by atoms with Crippen LogP contribution in [-0.4, -0.2) is 33.7 Å². The second kappa shape index (κ2) is 9.45. The summed E-state index contributed by atoms with van der Waals surface area (Å²) >= 11 is 0. The van der Waals surface area contributed by atoms with Gasteiger partial charge in [-0.25, -0.2) is 4.98 Å². The molecule has 0 saturated carbocycles. The normalized spacial score (nSPS) is 12.3. The first-order chi connectivity index (χ1) is 13.2. The van der Waals surface area contributed by atoms with Gasteiger partial charge in [0.15, 0.2) is 11.5 Å². The number of carbonyl (C=O) groups is 1. The van der Waals surface area contributed by atoms with Crippen LogP contribution in [0.25, 0.3) is 0 Å². The lowest BCUT2D eigenvalue weighted by atomic mass is 10.0. The van der Waals surface area contributed by atoms with Crippen molar-refractivity contribution >= 4 is 23.2 Å². The smallest absolute Gasteiger partial charge is 0.271 e. The van der Waals surface area contributed by atoms with Crippen LogP contribution in [-0.2, 0) is 0 Å². The van der Waals surface area contributed by atoms with E-state index >= 15 is 0 Å². The first-order valence-electron chi connectivity index (χ1n) is 9.60. The average Bonchev–Trinajstić information content (AvgIpc) is 2.62. The van der Waals surface area contributed by atoms with Gasteiger partial charge in [-0.3, -0.25) is 4.79 Å². The van der Waals surface area contributed by atoms with Crippen LogP contribution in [0.5, 0.6) is 0 Å². The summed E-state index contributed by atoms with van der Waals surface area (Å²) in [6.07, 6.45) is 0.899. The van der Waals surface area contributed by atoms with Gasteiger partial charge in [0, 0.05) is 24.3 Å². The molecule has 0 aliphatic heterocycles. The molecule has 2 aromatic heterocycles. The van der Waals surface area contributed by atoms with Gasteiger partial charge in [-0.2, -0.15) is 0 Å². The highest BCUT2D eigenvalue weighted by Gasteiger charge is 2.16. The second-order valence-electron chi connectivity index (χ2n) is 7.74. The number of hydrogen-bond donors (Lipinski definition) is 4. The Hall–Kier alpha value is -2.74. The highest BCUT2D eigenvalue weighted by atomic mass is 16.1. The fourth-order valence-electron chi connectivity index (χ4n) is 3.07. The lowest BCUT2D eigenvalue weighted by Gasteiger charge is -2.20. The molecule has 0 fully saturated rings. The van der Waals surface area contributed by atoms with Gasteiger partial charge in [0.05, 0.1) is 5.69 Å². The van der Waals surface area contributed by atoms with Crippen LogP contribution in [0.15, 0.2) is 18.2 Å². The molecular formula is C20H31N7O. The maximum Gasteiger partial charge on any atom is 0.271 e. The molecule has 2 rings (SSSR count). The zero-order valence-corrected chi connectivity index (χ0v) is 17.3. The SMILES string of the molecule is Cc1ccc(Nc2cc(NC(CN)CC(C)C)nnc2C(N)=O)nc1C(C)C. The Morgan fingerprint density at radius 2 is 1.86 bits per heavy atom. The van der Waals surface area contributed by atoms with Gasteiger partial charge in [0.2, 0.25) is 0 Å². The Bertz CT molecular complexity index is 820. The van der Waals surface area contributed by atoms with Crippen LogP contribution in [0.2, 0.25) is 0 Å². The Morgan fingerprint density at radius 1 is 1.14 bits per heavy atom. The number of anilines is 3. The summed E-state index contributed by atoms with van der Waals surface area (Å²) in [6, 6.07) is 5.63. The minimum atomic E-state index is -0.657. The predicted octanol–water partition coefficient (Wildman–Crippen LogP) is 2.93. The zero-order valence-electron chi connectivity index (χ0n) is 17.3. The lowest BCUT2D eigenvalue weighted by molar-refractivity contribution is 0.0995. The fraction of sp³-hybridized carbons (Fsp3) is 0.500. The van der Waals surface area contributed by atoms with E-state index in [-0.39, 0.29) is 17.7 Å². The summed E-state index contributed by atoms with van der Waals surface area (Å²) in [5.41, 5.74) is 14.0. The first kappa shape index (κ1) is 21.6. The maximum atomic E-state index is 11.8. The number of rotatable bonds is 9. The minimum Gasteiger partial charge on any atom is -0.365 e. The van der Waals surface area contributed by atoms with E-state index in [9.17, 15) is 4.79 Å². The van der Waals surface area contributed by atoms with E-state index in [4.69, 9.17) is 11.5 Å². The Labute approximate surface area is 166 Å². The number of pyridine rings is 1. The molecule has 8 nitrogen and oxygen atoms in total. The summed E-state index contributed by atoms with van der Waals surface area (Å²) in [5, 5.41) is 14.5. The van der Waals surface area contributed by atoms with E-state index in [0.29, 0.717) is 29.8 Å². The third-order valence-corrected chi connectivity index (χ3v) is 4.37. The molecule has 0 bridgehead atoms. The lowest BCUT2D eigenvalue weighted by Crippen LogP contribution is -2.31. The molecule has 0 aromatic carbocycles. The summed E-state index contributed by atoms with van der Waals surface area (Å²) in [6.45, 7) is 10.9. The monoisotopic (exact) mass is 385 g/mol. The largest absolute Gasteiger partial charge is 0.365 e. The number of amides is 1. The van der Waals surface area contributed by atoms with Crippen LogP contribution >= 0.6 is 0 Å². The van der Waals surface area contributed by atoms with Gasteiger partial charge in [0.25, 0.3) is 5.91 Å². The zero-order chi connectivity index (χ0) is 20.8. The van der Waals surface area contributed by atoms with E-state index in [1.54, 1.807) is 6.07 Å². The van der Waals surface area contributed by atoms with Crippen molar-refractivity contribution in [2.45, 2.75) is 53.0 Å². The molecule has 28 heavy (non-hydrogen) atoms. The highest BCUT2D eigenvalue weighted by Crippen LogP contribution is 2.24. The molecule has 152 valence electrons. The average molecular weight is 386 g/mol. The van der Waals surface area contributed by atoms with Crippen molar-refractivity contribution in [3.63, 3.8) is 0 Å². The van der Waals surface area contributed by atoms with Crippen LogP contribution < -0.4 is 22.1 Å². The number of hydrogen-bond acceptors (Lipinski definition) is 7. The molecule has 0 aliphatic carbocycles. The van der Waals surface area contributed by atoms with E-state index in [2.05, 4.69) is 53.5 Å². The minimum absolute atomic E-state index is 0.0617. The van der Waals surface area contributed by atoms with Gasteiger partial charge in [0.1, 0.15) is 5.82 Å². The third kappa shape index (κ3) is 5.63. The van der Waals surface area contributed by atoms with Gasteiger partial charge < -0.3 is 22.1 Å². The third-order valence-electron chi connectivity index (χ3n) is 4.37. The Balaban J connectivity index is 2.33. The molecular weight excluding hydrogens is 354 g/mol. The first-order valence-corrected chi connectivity index (χ1v) is 9.60. The molecule has 1 amide bonds. The van der Waals surface area contributed by atoms with Crippen molar-refractivity contribution in [1.82, 2.24) is 15.2 Å². The molecule has 1 atom stereocenters. The molecule has 2 heterocycles. The van der Waals surface area contributed by atoms with Crippen molar-refractivity contribution < 1.29 is 4.79 Å². The van der Waals surface area contributed by atoms with Gasteiger partial charge in [-0.15, -0.1) is 10.2 Å². The molecule has 2 aromatic rings. The number of carbonyl (C=O) groups excluding carboxylic acids is 1. The summed E-state index contributed by atoms with van der Waals surface area (Å²) < 4.78 is 0. The Morgan fingerprint density at radius 3 is 2.43 bits per heavy atom. The Kier molecular flexibility index (Phi) is 7.28. The second-order valence-corrected chi connectivity index (χ2v) is 7.74. The topological polar surface area (TPSA) is 132 Å². The van der Waals surface area contributed by atoms with Crippen LogP contribution in [0.3, 0.4) is 0 Å². The number of nitrogens with two attached hydrogens (primary N) is 2. The summed E-state index contributed by atoms with van der Waals surface area (Å²) in [5.74, 6) is 1.26. The number of primary amides is 1. The maximum absolute atomic E-state index is 11.8. The van der Waals surface area contributed by atoms with E-state index in [0.717, 1.165) is 17.7 Å². The summed E-state index contributed by atoms with van der Waals surface area (Å²) in [4.78, 5) is 16.5. The van der Waals surface area contributed by atoms with Gasteiger partial charge in [-0.05, 0) is 36.8 Å². The van der Waals surface area contributed by atoms with Crippen molar-refractivity contribution in [3.8, 4) is 0 Å². The molecule has 8 heteroatoms. The van der Waals surface area contributed by atoms with E-state index in [1.807, 2.05) is 19.1 Å². The molecule has 6 N–H and O–H groups in total. The van der Waals surface area contributed by atoms with Crippen LogP contribution in [0.4, 0.5) is 17.3 Å². The van der Waals surface area contributed by atoms with Crippen LogP contribution in [0, 0.1) is 12.8 Å². The van der Waals surface area contributed by atoms with Gasteiger partial charge >= 0.3 is 0 Å². The molecule has 1 unspecified atom stereocenters.